The molecule has 0 atom stereocenters. The summed E-state index contributed by atoms with van der Waals surface area (Å²) in [6, 6.07) is 15.7. The van der Waals surface area contributed by atoms with Crippen molar-refractivity contribution in [1.82, 2.24) is 14.8 Å². The quantitative estimate of drug-likeness (QED) is 0.427. The fourth-order valence-corrected chi connectivity index (χ4v) is 5.68. The molecule has 0 saturated carbocycles. The van der Waals surface area contributed by atoms with Gasteiger partial charge in [-0.15, -0.1) is 11.3 Å². The smallest absolute Gasteiger partial charge is 0.265 e. The van der Waals surface area contributed by atoms with Crippen molar-refractivity contribution in [3.8, 4) is 5.75 Å². The van der Waals surface area contributed by atoms with Crippen LogP contribution in [0.5, 0.6) is 5.75 Å². The lowest BCUT2D eigenvalue weighted by Crippen LogP contribution is -2.38. The molecule has 1 saturated heterocycles. The van der Waals surface area contributed by atoms with Crippen LogP contribution < -0.4 is 15.6 Å². The van der Waals surface area contributed by atoms with Crippen molar-refractivity contribution in [1.29, 1.82) is 0 Å². The lowest BCUT2D eigenvalue weighted by Gasteiger charge is -2.26. The number of nitrogens with zero attached hydrogens (tertiary/aromatic N) is 2. The number of aromatic nitrogens is 1. The molecule has 4 aromatic rings. The molecule has 0 bridgehead atoms. The van der Waals surface area contributed by atoms with Crippen LogP contribution in [0, 0.1) is 6.92 Å². The van der Waals surface area contributed by atoms with Crippen molar-refractivity contribution in [3.05, 3.63) is 74.9 Å². The number of para-hydroxylation sites is 1. The molecule has 0 radical (unpaired) electrons. The molecule has 7 nitrogen and oxygen atoms in total. The standard InChI is InChI=1S/C27H29N3O4S/c1-18-7-3-4-8-19(18)17-28-26(31)25-23(34-16-13-30-11-14-33-15-12-30)22-24(35-25)20-9-5-6-10-21(20)29(2)27(22)32/h3-10H,11-17H2,1-2H3,(H,28,31). The number of fused-ring (bicyclic) bond motifs is 3. The van der Waals surface area contributed by atoms with Gasteiger partial charge in [0.2, 0.25) is 0 Å². The van der Waals surface area contributed by atoms with Gasteiger partial charge in [-0.25, -0.2) is 0 Å². The zero-order valence-corrected chi connectivity index (χ0v) is 20.8. The van der Waals surface area contributed by atoms with Gasteiger partial charge < -0.3 is 19.4 Å². The molecule has 3 heterocycles. The number of morpholine rings is 1. The molecule has 0 spiro atoms. The predicted molar refractivity (Wildman–Crippen MR) is 140 cm³/mol. The van der Waals surface area contributed by atoms with Crippen LogP contribution in [0.3, 0.4) is 0 Å². The Labute approximate surface area is 207 Å². The highest BCUT2D eigenvalue weighted by Crippen LogP contribution is 2.39. The number of hydrogen-bond acceptors (Lipinski definition) is 6. The number of amides is 1. The van der Waals surface area contributed by atoms with Crippen molar-refractivity contribution in [3.63, 3.8) is 0 Å². The molecule has 1 aliphatic rings. The number of pyridine rings is 1. The first-order valence-corrected chi connectivity index (χ1v) is 12.7. The fourth-order valence-electron chi connectivity index (χ4n) is 4.49. The summed E-state index contributed by atoms with van der Waals surface area (Å²) in [5, 5.41) is 4.44. The van der Waals surface area contributed by atoms with Gasteiger partial charge in [-0.3, -0.25) is 14.5 Å². The van der Waals surface area contributed by atoms with Gasteiger partial charge in [0, 0.05) is 38.6 Å². The first-order chi connectivity index (χ1) is 17.0. The molecule has 0 unspecified atom stereocenters. The van der Waals surface area contributed by atoms with E-state index in [0.29, 0.717) is 48.9 Å². The number of aryl methyl sites for hydroxylation is 2. The lowest BCUT2D eigenvalue weighted by molar-refractivity contribution is 0.0323. The molecule has 2 aromatic heterocycles. The van der Waals surface area contributed by atoms with Gasteiger partial charge in [-0.1, -0.05) is 42.5 Å². The maximum Gasteiger partial charge on any atom is 0.265 e. The summed E-state index contributed by atoms with van der Waals surface area (Å²) in [6.45, 7) is 6.65. The summed E-state index contributed by atoms with van der Waals surface area (Å²) in [5.74, 6) is 0.147. The molecule has 0 aliphatic carbocycles. The van der Waals surface area contributed by atoms with E-state index in [9.17, 15) is 9.59 Å². The fraction of sp³-hybridized carbons (Fsp3) is 0.333. The first-order valence-electron chi connectivity index (χ1n) is 11.8. The highest BCUT2D eigenvalue weighted by Gasteiger charge is 2.25. The molecule has 8 heteroatoms. The Kier molecular flexibility index (Phi) is 6.86. The average molecular weight is 492 g/mol. The summed E-state index contributed by atoms with van der Waals surface area (Å²) in [6.07, 6.45) is 0. The third kappa shape index (κ3) is 4.69. The Hall–Kier alpha value is -3.20. The second kappa shape index (κ2) is 10.2. The molecular formula is C27H29N3O4S. The predicted octanol–water partition coefficient (Wildman–Crippen LogP) is 3.70. The maximum atomic E-state index is 13.4. The van der Waals surface area contributed by atoms with E-state index >= 15 is 0 Å². The highest BCUT2D eigenvalue weighted by atomic mass is 32.1. The molecule has 1 fully saturated rings. The summed E-state index contributed by atoms with van der Waals surface area (Å²) in [7, 11) is 1.76. The molecule has 1 aliphatic heterocycles. The second-order valence-electron chi connectivity index (χ2n) is 8.76. The third-order valence-corrected chi connectivity index (χ3v) is 7.76. The average Bonchev–Trinajstić information content (AvgIpc) is 3.27. The summed E-state index contributed by atoms with van der Waals surface area (Å²) < 4.78 is 14.1. The van der Waals surface area contributed by atoms with E-state index in [4.69, 9.17) is 9.47 Å². The van der Waals surface area contributed by atoms with E-state index in [2.05, 4.69) is 10.2 Å². The number of rotatable bonds is 7. The Morgan fingerprint density at radius 2 is 1.86 bits per heavy atom. The Morgan fingerprint density at radius 3 is 2.66 bits per heavy atom. The molecular weight excluding hydrogens is 462 g/mol. The summed E-state index contributed by atoms with van der Waals surface area (Å²) in [4.78, 5) is 29.5. The topological polar surface area (TPSA) is 72.8 Å². The van der Waals surface area contributed by atoms with Gasteiger partial charge in [0.15, 0.2) is 5.75 Å². The van der Waals surface area contributed by atoms with Crippen LogP contribution in [0.4, 0.5) is 0 Å². The molecule has 1 amide bonds. The maximum absolute atomic E-state index is 13.4. The van der Waals surface area contributed by atoms with Crippen LogP contribution in [-0.2, 0) is 18.3 Å². The van der Waals surface area contributed by atoms with Crippen LogP contribution in [0.15, 0.2) is 53.3 Å². The minimum absolute atomic E-state index is 0.158. The largest absolute Gasteiger partial charge is 0.490 e. The van der Waals surface area contributed by atoms with Gasteiger partial charge in [-0.05, 0) is 24.1 Å². The van der Waals surface area contributed by atoms with Crippen LogP contribution in [0.2, 0.25) is 0 Å². The number of carbonyl (C=O) groups excluding carboxylic acids is 1. The number of ether oxygens (including phenoxy) is 2. The van der Waals surface area contributed by atoms with Crippen LogP contribution >= 0.6 is 11.3 Å². The zero-order valence-electron chi connectivity index (χ0n) is 20.0. The van der Waals surface area contributed by atoms with Crippen molar-refractivity contribution in [2.45, 2.75) is 13.5 Å². The Morgan fingerprint density at radius 1 is 1.11 bits per heavy atom. The monoisotopic (exact) mass is 491 g/mol. The van der Waals surface area contributed by atoms with E-state index in [1.165, 1.54) is 11.3 Å². The zero-order chi connectivity index (χ0) is 24.4. The van der Waals surface area contributed by atoms with Crippen molar-refractivity contribution >= 4 is 38.2 Å². The first kappa shape index (κ1) is 23.5. The summed E-state index contributed by atoms with van der Waals surface area (Å²) >= 11 is 1.33. The van der Waals surface area contributed by atoms with E-state index in [1.54, 1.807) is 11.6 Å². The second-order valence-corrected chi connectivity index (χ2v) is 9.78. The minimum atomic E-state index is -0.234. The number of hydrogen-bond donors (Lipinski definition) is 1. The summed E-state index contributed by atoms with van der Waals surface area (Å²) in [5.41, 5.74) is 2.84. The normalized spacial score (nSPS) is 14.5. The van der Waals surface area contributed by atoms with Gasteiger partial charge in [-0.2, -0.15) is 0 Å². The van der Waals surface area contributed by atoms with E-state index in [1.807, 2.05) is 55.5 Å². The van der Waals surface area contributed by atoms with E-state index in [0.717, 1.165) is 39.8 Å². The van der Waals surface area contributed by atoms with Crippen LogP contribution in [-0.4, -0.2) is 54.8 Å². The SMILES string of the molecule is Cc1ccccc1CNC(=O)c1sc2c(c1OCCN1CCOCC1)c(=O)n(C)c1ccccc21. The van der Waals surface area contributed by atoms with Crippen molar-refractivity contribution < 1.29 is 14.3 Å². The minimum Gasteiger partial charge on any atom is -0.490 e. The molecule has 35 heavy (non-hydrogen) atoms. The van der Waals surface area contributed by atoms with E-state index < -0.39 is 0 Å². The van der Waals surface area contributed by atoms with Gasteiger partial charge in [0.05, 0.1) is 23.4 Å². The van der Waals surface area contributed by atoms with Crippen LogP contribution in [0.1, 0.15) is 20.8 Å². The van der Waals surface area contributed by atoms with Gasteiger partial charge in [0.1, 0.15) is 16.9 Å². The molecule has 182 valence electrons. The van der Waals surface area contributed by atoms with Crippen molar-refractivity contribution in [2.75, 3.05) is 39.5 Å². The molecule has 1 N–H and O–H groups in total. The number of nitrogens with one attached hydrogen (secondary N) is 1. The van der Waals surface area contributed by atoms with Gasteiger partial charge >= 0.3 is 0 Å². The molecule has 5 rings (SSSR count). The van der Waals surface area contributed by atoms with E-state index in [-0.39, 0.29) is 11.5 Å². The lowest BCUT2D eigenvalue weighted by atomic mass is 10.1. The Balaban J connectivity index is 1.51. The Bertz CT molecular complexity index is 1440. The van der Waals surface area contributed by atoms with Crippen molar-refractivity contribution in [2.24, 2.45) is 7.05 Å². The van der Waals surface area contributed by atoms with Gasteiger partial charge in [0.25, 0.3) is 11.5 Å². The third-order valence-electron chi connectivity index (χ3n) is 6.56. The number of carbonyl (C=O) groups is 1. The molecule has 2 aromatic carbocycles. The highest BCUT2D eigenvalue weighted by molar-refractivity contribution is 7.22. The number of thiophene rings is 1. The number of benzene rings is 2. The van der Waals surface area contributed by atoms with Crippen LogP contribution in [0.25, 0.3) is 21.0 Å².